The number of ketones is 1. The van der Waals surface area contributed by atoms with Crippen molar-refractivity contribution in [2.75, 3.05) is 14.2 Å². The third kappa shape index (κ3) is 3.56. The molecule has 0 aliphatic carbocycles. The number of methoxy groups -OCH3 is 2. The molecule has 0 aromatic heterocycles. The number of hydrogen-bond acceptors (Lipinski definition) is 3. The molecular formula is C14H20O3. The van der Waals surface area contributed by atoms with Crippen LogP contribution in [0, 0.1) is 5.92 Å². The highest BCUT2D eigenvalue weighted by molar-refractivity contribution is 5.86. The average Bonchev–Trinajstić information content (AvgIpc) is 2.30. The first-order chi connectivity index (χ1) is 8.10. The first-order valence-electron chi connectivity index (χ1n) is 5.77. The zero-order valence-electron chi connectivity index (χ0n) is 10.9. The molecule has 1 aromatic rings. The third-order valence-electron chi connectivity index (χ3n) is 2.73. The van der Waals surface area contributed by atoms with Gasteiger partial charge in [-0.05, 0) is 12.0 Å². The van der Waals surface area contributed by atoms with E-state index in [4.69, 9.17) is 9.47 Å². The van der Waals surface area contributed by atoms with E-state index in [0.29, 0.717) is 6.42 Å². The van der Waals surface area contributed by atoms with E-state index in [1.165, 1.54) is 0 Å². The highest BCUT2D eigenvalue weighted by Crippen LogP contribution is 2.20. The maximum Gasteiger partial charge on any atom is 0.166 e. The first kappa shape index (κ1) is 13.7. The van der Waals surface area contributed by atoms with Gasteiger partial charge in [0.1, 0.15) is 11.9 Å². The molecule has 94 valence electrons. The Morgan fingerprint density at radius 3 is 2.41 bits per heavy atom. The summed E-state index contributed by atoms with van der Waals surface area (Å²) in [4.78, 5) is 12.1. The van der Waals surface area contributed by atoms with Crippen LogP contribution >= 0.6 is 0 Å². The summed E-state index contributed by atoms with van der Waals surface area (Å²) in [5.41, 5.74) is 0.905. The molecule has 0 saturated carbocycles. The topological polar surface area (TPSA) is 35.5 Å². The van der Waals surface area contributed by atoms with Crippen LogP contribution in [0.25, 0.3) is 0 Å². The summed E-state index contributed by atoms with van der Waals surface area (Å²) in [6, 6.07) is 7.56. The van der Waals surface area contributed by atoms with Gasteiger partial charge in [0.05, 0.1) is 7.11 Å². The van der Waals surface area contributed by atoms with Crippen LogP contribution in [0.4, 0.5) is 0 Å². The molecule has 0 heterocycles. The minimum Gasteiger partial charge on any atom is -0.496 e. The fourth-order valence-corrected chi connectivity index (χ4v) is 1.91. The van der Waals surface area contributed by atoms with Gasteiger partial charge in [0, 0.05) is 19.1 Å². The summed E-state index contributed by atoms with van der Waals surface area (Å²) < 4.78 is 10.5. The number of benzene rings is 1. The predicted molar refractivity (Wildman–Crippen MR) is 67.3 cm³/mol. The van der Waals surface area contributed by atoms with Crippen molar-refractivity contribution in [3.05, 3.63) is 29.8 Å². The summed E-state index contributed by atoms with van der Waals surface area (Å²) >= 11 is 0. The van der Waals surface area contributed by atoms with Crippen molar-refractivity contribution in [1.29, 1.82) is 0 Å². The van der Waals surface area contributed by atoms with Gasteiger partial charge in [-0.3, -0.25) is 4.79 Å². The summed E-state index contributed by atoms with van der Waals surface area (Å²) in [5.74, 6) is 1.02. The molecule has 0 aliphatic heterocycles. The van der Waals surface area contributed by atoms with Gasteiger partial charge in [-0.25, -0.2) is 0 Å². The number of para-hydroxylation sites is 1. The number of Topliss-reactive ketones (excluding diaryl/α,β-unsaturated/α-hetero) is 1. The van der Waals surface area contributed by atoms with Gasteiger partial charge in [-0.2, -0.15) is 0 Å². The fourth-order valence-electron chi connectivity index (χ4n) is 1.91. The van der Waals surface area contributed by atoms with Crippen molar-refractivity contribution in [2.24, 2.45) is 5.92 Å². The molecule has 1 rings (SSSR count). The Labute approximate surface area is 103 Å². The second-order valence-electron chi connectivity index (χ2n) is 4.36. The average molecular weight is 236 g/mol. The summed E-state index contributed by atoms with van der Waals surface area (Å²) in [5, 5.41) is 0. The summed E-state index contributed by atoms with van der Waals surface area (Å²) in [6.45, 7) is 3.96. The number of carbonyl (C=O) groups excluding carboxylic acids is 1. The minimum atomic E-state index is -0.347. The van der Waals surface area contributed by atoms with Crippen molar-refractivity contribution in [3.63, 3.8) is 0 Å². The van der Waals surface area contributed by atoms with E-state index in [0.717, 1.165) is 11.3 Å². The van der Waals surface area contributed by atoms with Crippen molar-refractivity contribution in [1.82, 2.24) is 0 Å². The van der Waals surface area contributed by atoms with E-state index >= 15 is 0 Å². The Bertz CT molecular complexity index is 371. The smallest absolute Gasteiger partial charge is 0.166 e. The lowest BCUT2D eigenvalue weighted by molar-refractivity contribution is -0.130. The lowest BCUT2D eigenvalue weighted by Gasteiger charge is -2.18. The molecule has 0 saturated heterocycles. The van der Waals surface area contributed by atoms with Crippen LogP contribution < -0.4 is 4.74 Å². The Balaban J connectivity index is 2.80. The Morgan fingerprint density at radius 2 is 1.88 bits per heavy atom. The Hall–Kier alpha value is -1.35. The molecule has 3 nitrogen and oxygen atoms in total. The SMILES string of the molecule is COc1ccccc1CC(=O)C(OC)C(C)C. The van der Waals surface area contributed by atoms with Gasteiger partial charge < -0.3 is 9.47 Å². The van der Waals surface area contributed by atoms with E-state index in [-0.39, 0.29) is 17.8 Å². The first-order valence-corrected chi connectivity index (χ1v) is 5.77. The standard InChI is InChI=1S/C14H20O3/c1-10(2)14(17-4)12(15)9-11-7-5-6-8-13(11)16-3/h5-8,10,14H,9H2,1-4H3. The zero-order chi connectivity index (χ0) is 12.8. The van der Waals surface area contributed by atoms with Crippen LogP contribution in [0.2, 0.25) is 0 Å². The molecule has 0 spiro atoms. The molecule has 0 fully saturated rings. The normalized spacial score (nSPS) is 12.5. The second kappa shape index (κ2) is 6.40. The third-order valence-corrected chi connectivity index (χ3v) is 2.73. The Morgan fingerprint density at radius 1 is 1.24 bits per heavy atom. The van der Waals surface area contributed by atoms with Gasteiger partial charge in [-0.15, -0.1) is 0 Å². The van der Waals surface area contributed by atoms with Crippen LogP contribution in [0.3, 0.4) is 0 Å². The number of ether oxygens (including phenoxy) is 2. The van der Waals surface area contributed by atoms with E-state index in [2.05, 4.69) is 0 Å². The molecule has 0 aliphatic rings. The predicted octanol–water partition coefficient (Wildman–Crippen LogP) is 2.48. The highest BCUT2D eigenvalue weighted by Gasteiger charge is 2.22. The Kier molecular flexibility index (Phi) is 5.16. The van der Waals surface area contributed by atoms with Crippen LogP contribution in [0.15, 0.2) is 24.3 Å². The van der Waals surface area contributed by atoms with Gasteiger partial charge in [0.2, 0.25) is 0 Å². The van der Waals surface area contributed by atoms with Crippen LogP contribution in [0.1, 0.15) is 19.4 Å². The monoisotopic (exact) mass is 236 g/mol. The highest BCUT2D eigenvalue weighted by atomic mass is 16.5. The summed E-state index contributed by atoms with van der Waals surface area (Å²) in [6.07, 6.45) is 0.000613. The van der Waals surface area contributed by atoms with Gasteiger partial charge in [0.25, 0.3) is 0 Å². The molecule has 0 bridgehead atoms. The quantitative estimate of drug-likeness (QED) is 0.761. The van der Waals surface area contributed by atoms with Crippen molar-refractivity contribution >= 4 is 5.78 Å². The van der Waals surface area contributed by atoms with E-state index in [9.17, 15) is 4.79 Å². The largest absolute Gasteiger partial charge is 0.496 e. The van der Waals surface area contributed by atoms with Gasteiger partial charge in [-0.1, -0.05) is 32.0 Å². The van der Waals surface area contributed by atoms with Crippen molar-refractivity contribution in [3.8, 4) is 5.75 Å². The van der Waals surface area contributed by atoms with Crippen LogP contribution in [-0.2, 0) is 16.0 Å². The van der Waals surface area contributed by atoms with E-state index in [1.54, 1.807) is 14.2 Å². The molecule has 1 unspecified atom stereocenters. The molecule has 17 heavy (non-hydrogen) atoms. The van der Waals surface area contributed by atoms with Gasteiger partial charge >= 0.3 is 0 Å². The van der Waals surface area contributed by atoms with Crippen molar-refractivity contribution < 1.29 is 14.3 Å². The fraction of sp³-hybridized carbons (Fsp3) is 0.500. The number of rotatable bonds is 6. The maximum absolute atomic E-state index is 12.1. The molecule has 1 aromatic carbocycles. The maximum atomic E-state index is 12.1. The van der Waals surface area contributed by atoms with E-state index < -0.39 is 0 Å². The van der Waals surface area contributed by atoms with Gasteiger partial charge in [0.15, 0.2) is 5.78 Å². The molecule has 0 radical (unpaired) electrons. The lowest BCUT2D eigenvalue weighted by Crippen LogP contribution is -2.30. The van der Waals surface area contributed by atoms with Crippen molar-refractivity contribution in [2.45, 2.75) is 26.4 Å². The molecular weight excluding hydrogens is 216 g/mol. The van der Waals surface area contributed by atoms with Crippen LogP contribution in [-0.4, -0.2) is 26.1 Å². The summed E-state index contributed by atoms with van der Waals surface area (Å²) in [7, 11) is 3.18. The number of carbonyl (C=O) groups is 1. The minimum absolute atomic E-state index is 0.0898. The molecule has 1 atom stereocenters. The lowest BCUT2D eigenvalue weighted by atomic mass is 9.97. The second-order valence-corrected chi connectivity index (χ2v) is 4.36. The molecule has 0 N–H and O–H groups in total. The zero-order valence-corrected chi connectivity index (χ0v) is 10.9. The van der Waals surface area contributed by atoms with Crippen LogP contribution in [0.5, 0.6) is 5.75 Å². The number of hydrogen-bond donors (Lipinski definition) is 0. The molecule has 3 heteroatoms. The molecule has 0 amide bonds. The van der Waals surface area contributed by atoms with E-state index in [1.807, 2.05) is 38.1 Å².